The minimum Gasteiger partial charge on any atom is -0.398 e. The monoisotopic (exact) mass is 322 g/mol. The van der Waals surface area contributed by atoms with Gasteiger partial charge in [-0.25, -0.2) is 4.98 Å². The Kier molecular flexibility index (Phi) is 4.21. The van der Waals surface area contributed by atoms with Crippen LogP contribution in [0.1, 0.15) is 12.5 Å². The van der Waals surface area contributed by atoms with Gasteiger partial charge in [0.25, 0.3) is 5.56 Å². The molecule has 0 atom stereocenters. The van der Waals surface area contributed by atoms with Crippen LogP contribution < -0.4 is 16.2 Å². The number of benzene rings is 1. The number of hydrogen-bond acceptors (Lipinski definition) is 4. The van der Waals surface area contributed by atoms with Gasteiger partial charge in [-0.3, -0.25) is 4.79 Å². The first kappa shape index (κ1) is 13.6. The van der Waals surface area contributed by atoms with Gasteiger partial charge < -0.3 is 15.6 Å². The van der Waals surface area contributed by atoms with Crippen LogP contribution in [-0.4, -0.2) is 16.5 Å². The second-order valence-electron chi connectivity index (χ2n) is 4.08. The molecule has 100 valence electrons. The maximum atomic E-state index is 11.6. The van der Waals surface area contributed by atoms with Crippen LogP contribution in [0.4, 0.5) is 11.5 Å². The van der Waals surface area contributed by atoms with Crippen LogP contribution in [0, 0.1) is 0 Å². The number of para-hydroxylation sites is 1. The summed E-state index contributed by atoms with van der Waals surface area (Å²) in [6.45, 7) is 3.34. The molecule has 3 N–H and O–H groups in total. The first-order chi connectivity index (χ1) is 9.13. The van der Waals surface area contributed by atoms with Crippen molar-refractivity contribution in [3.8, 4) is 0 Å². The summed E-state index contributed by atoms with van der Waals surface area (Å²) in [5.74, 6) is 0.620. The standard InChI is InChI=1S/C13H15BrN4O/c1-2-18(7-9-5-3-4-6-10(9)15)12-11(14)13(19)17-8-16-12/h3-6,8H,2,7,15H2,1H3,(H,16,17,19). The number of aromatic nitrogens is 2. The Morgan fingerprint density at radius 2 is 2.16 bits per heavy atom. The van der Waals surface area contributed by atoms with E-state index in [1.54, 1.807) is 0 Å². The van der Waals surface area contributed by atoms with Crippen LogP contribution in [-0.2, 0) is 6.54 Å². The number of aromatic amines is 1. The summed E-state index contributed by atoms with van der Waals surface area (Å²) in [4.78, 5) is 20.3. The third-order valence-corrected chi connectivity index (χ3v) is 3.59. The Bertz CT molecular complexity index is 626. The zero-order chi connectivity index (χ0) is 13.8. The van der Waals surface area contributed by atoms with Crippen molar-refractivity contribution in [1.29, 1.82) is 0 Å². The van der Waals surface area contributed by atoms with Gasteiger partial charge in [0.05, 0.1) is 6.33 Å². The molecule has 0 spiro atoms. The van der Waals surface area contributed by atoms with Gasteiger partial charge in [-0.1, -0.05) is 18.2 Å². The fourth-order valence-electron chi connectivity index (χ4n) is 1.81. The molecule has 1 aromatic heterocycles. The number of nitrogens with two attached hydrogens (primary N) is 1. The molecule has 19 heavy (non-hydrogen) atoms. The molecule has 0 unspecified atom stereocenters. The summed E-state index contributed by atoms with van der Waals surface area (Å²) in [5.41, 5.74) is 7.50. The van der Waals surface area contributed by atoms with Crippen LogP contribution in [0.2, 0.25) is 0 Å². The average molecular weight is 323 g/mol. The number of nitrogen functional groups attached to an aromatic ring is 1. The van der Waals surface area contributed by atoms with Gasteiger partial charge in [0.2, 0.25) is 0 Å². The molecular weight excluding hydrogens is 308 g/mol. The molecule has 0 aliphatic rings. The fourth-order valence-corrected chi connectivity index (χ4v) is 2.28. The quantitative estimate of drug-likeness (QED) is 0.846. The Balaban J connectivity index is 2.33. The molecule has 0 aliphatic heterocycles. The summed E-state index contributed by atoms with van der Waals surface area (Å²) in [6, 6.07) is 7.68. The van der Waals surface area contributed by atoms with Crippen LogP contribution in [0.5, 0.6) is 0 Å². The van der Waals surface area contributed by atoms with Crippen molar-refractivity contribution in [2.45, 2.75) is 13.5 Å². The smallest absolute Gasteiger partial charge is 0.267 e. The SMILES string of the molecule is CCN(Cc1ccccc1N)c1nc[nH]c(=O)c1Br. The minimum absolute atomic E-state index is 0.190. The highest BCUT2D eigenvalue weighted by atomic mass is 79.9. The number of nitrogens with zero attached hydrogens (tertiary/aromatic N) is 2. The van der Waals surface area contributed by atoms with E-state index in [4.69, 9.17) is 5.73 Å². The van der Waals surface area contributed by atoms with Gasteiger partial charge in [-0.15, -0.1) is 0 Å². The van der Waals surface area contributed by atoms with E-state index in [0.717, 1.165) is 17.8 Å². The summed E-state index contributed by atoms with van der Waals surface area (Å²) >= 11 is 3.27. The number of hydrogen-bond donors (Lipinski definition) is 2. The number of nitrogens with one attached hydrogen (secondary N) is 1. The van der Waals surface area contributed by atoms with Crippen molar-refractivity contribution in [2.75, 3.05) is 17.2 Å². The number of halogens is 1. The highest BCUT2D eigenvalue weighted by molar-refractivity contribution is 9.10. The van der Waals surface area contributed by atoms with Gasteiger partial charge in [0.15, 0.2) is 5.82 Å². The lowest BCUT2D eigenvalue weighted by Gasteiger charge is -2.23. The summed E-state index contributed by atoms with van der Waals surface area (Å²) < 4.78 is 0.436. The normalized spacial score (nSPS) is 10.4. The van der Waals surface area contributed by atoms with E-state index in [-0.39, 0.29) is 5.56 Å². The third kappa shape index (κ3) is 2.96. The predicted octanol–water partition coefficient (Wildman–Crippen LogP) is 2.14. The van der Waals surface area contributed by atoms with Crippen molar-refractivity contribution >= 4 is 27.4 Å². The lowest BCUT2D eigenvalue weighted by atomic mass is 10.1. The first-order valence-corrected chi connectivity index (χ1v) is 6.74. The van der Waals surface area contributed by atoms with E-state index >= 15 is 0 Å². The molecule has 5 nitrogen and oxygen atoms in total. The highest BCUT2D eigenvalue weighted by Crippen LogP contribution is 2.22. The zero-order valence-corrected chi connectivity index (χ0v) is 12.1. The first-order valence-electron chi connectivity index (χ1n) is 5.95. The van der Waals surface area contributed by atoms with Gasteiger partial charge in [0, 0.05) is 18.8 Å². The van der Waals surface area contributed by atoms with E-state index < -0.39 is 0 Å². The van der Waals surface area contributed by atoms with Crippen LogP contribution in [0.3, 0.4) is 0 Å². The largest absolute Gasteiger partial charge is 0.398 e. The second kappa shape index (κ2) is 5.88. The van der Waals surface area contributed by atoms with E-state index in [2.05, 4.69) is 25.9 Å². The van der Waals surface area contributed by atoms with Crippen molar-refractivity contribution in [2.24, 2.45) is 0 Å². The maximum Gasteiger partial charge on any atom is 0.267 e. The molecule has 2 rings (SSSR count). The third-order valence-electron chi connectivity index (χ3n) is 2.88. The molecule has 0 radical (unpaired) electrons. The van der Waals surface area contributed by atoms with Crippen molar-refractivity contribution < 1.29 is 0 Å². The maximum absolute atomic E-state index is 11.6. The molecule has 0 aliphatic carbocycles. The zero-order valence-electron chi connectivity index (χ0n) is 10.6. The molecule has 6 heteroatoms. The van der Waals surface area contributed by atoms with Crippen molar-refractivity contribution in [3.63, 3.8) is 0 Å². The molecule has 0 amide bonds. The van der Waals surface area contributed by atoms with Crippen LogP contribution in [0.25, 0.3) is 0 Å². The number of anilines is 2. The molecule has 0 saturated heterocycles. The second-order valence-corrected chi connectivity index (χ2v) is 4.88. The molecule has 0 fully saturated rings. The lowest BCUT2D eigenvalue weighted by molar-refractivity contribution is 0.805. The summed E-state index contributed by atoms with van der Waals surface area (Å²) in [5, 5.41) is 0. The van der Waals surface area contributed by atoms with Crippen molar-refractivity contribution in [3.05, 3.63) is 51.0 Å². The Labute approximate surface area is 119 Å². The van der Waals surface area contributed by atoms with Crippen molar-refractivity contribution in [1.82, 2.24) is 9.97 Å². The molecule has 0 bridgehead atoms. The Morgan fingerprint density at radius 1 is 1.42 bits per heavy atom. The van der Waals surface area contributed by atoms with E-state index in [1.807, 2.05) is 36.1 Å². The van der Waals surface area contributed by atoms with E-state index in [1.165, 1.54) is 6.33 Å². The van der Waals surface area contributed by atoms with Gasteiger partial charge >= 0.3 is 0 Å². The average Bonchev–Trinajstić information content (AvgIpc) is 2.41. The van der Waals surface area contributed by atoms with E-state index in [0.29, 0.717) is 16.8 Å². The molecule has 0 saturated carbocycles. The Hall–Kier alpha value is -1.82. The fraction of sp³-hybridized carbons (Fsp3) is 0.231. The van der Waals surface area contributed by atoms with Crippen LogP contribution >= 0.6 is 15.9 Å². The summed E-state index contributed by atoms with van der Waals surface area (Å²) in [6.07, 6.45) is 1.40. The Morgan fingerprint density at radius 3 is 2.84 bits per heavy atom. The minimum atomic E-state index is -0.190. The molecule has 1 heterocycles. The van der Waals surface area contributed by atoms with Gasteiger partial charge in [0.1, 0.15) is 4.47 Å². The summed E-state index contributed by atoms with van der Waals surface area (Å²) in [7, 11) is 0. The predicted molar refractivity (Wildman–Crippen MR) is 80.1 cm³/mol. The molecule has 1 aromatic carbocycles. The van der Waals surface area contributed by atoms with Gasteiger partial charge in [-0.05, 0) is 34.5 Å². The highest BCUT2D eigenvalue weighted by Gasteiger charge is 2.13. The number of rotatable bonds is 4. The molecular formula is C13H15BrN4O. The number of H-pyrrole nitrogens is 1. The topological polar surface area (TPSA) is 75.0 Å². The molecule has 2 aromatic rings. The van der Waals surface area contributed by atoms with Crippen LogP contribution in [0.15, 0.2) is 39.9 Å². The van der Waals surface area contributed by atoms with E-state index in [9.17, 15) is 4.79 Å². The lowest BCUT2D eigenvalue weighted by Crippen LogP contribution is -2.26. The van der Waals surface area contributed by atoms with Gasteiger partial charge in [-0.2, -0.15) is 0 Å².